The molecule has 1 aliphatic carbocycles. The monoisotopic (exact) mass is 366 g/mol. The Morgan fingerprint density at radius 1 is 1.23 bits per heavy atom. The minimum Gasteiger partial charge on any atom is -0.348 e. The maximum absolute atomic E-state index is 12.6. The van der Waals surface area contributed by atoms with E-state index in [1.807, 2.05) is 30.5 Å². The van der Waals surface area contributed by atoms with E-state index in [4.69, 9.17) is 0 Å². The molecule has 0 saturated carbocycles. The number of thioether (sulfide) groups is 1. The molecular weight excluding hydrogens is 348 g/mol. The van der Waals surface area contributed by atoms with Crippen LogP contribution in [0.15, 0.2) is 41.6 Å². The average Bonchev–Trinajstić information content (AvgIpc) is 3.11. The lowest BCUT2D eigenvalue weighted by Crippen LogP contribution is -2.23. The first-order valence-corrected chi connectivity index (χ1v) is 9.70. The van der Waals surface area contributed by atoms with Crippen molar-refractivity contribution < 1.29 is 9.59 Å². The summed E-state index contributed by atoms with van der Waals surface area (Å²) in [5, 5.41) is 7.22. The van der Waals surface area contributed by atoms with E-state index in [9.17, 15) is 9.59 Å². The molecule has 2 aromatic heterocycles. The molecule has 0 saturated heterocycles. The van der Waals surface area contributed by atoms with E-state index < -0.39 is 0 Å². The number of nitrogens with one attached hydrogen (secondary N) is 1. The van der Waals surface area contributed by atoms with Crippen molar-refractivity contribution in [2.75, 3.05) is 6.26 Å². The van der Waals surface area contributed by atoms with E-state index in [1.165, 1.54) is 11.1 Å². The lowest BCUT2D eigenvalue weighted by atomic mass is 9.96. The highest BCUT2D eigenvalue weighted by Crippen LogP contribution is 2.22. The van der Waals surface area contributed by atoms with Gasteiger partial charge >= 0.3 is 0 Å². The van der Waals surface area contributed by atoms with Gasteiger partial charge in [-0.2, -0.15) is 5.10 Å². The number of fused-ring (bicyclic) bond motifs is 3. The lowest BCUT2D eigenvalue weighted by molar-refractivity contribution is 0.0950. The standard InChI is InChI=1S/C19H18N4O2S/c1-26-13-7-5-12(6-8-13)9-21-19(25)15-11-22-23-16-3-2-4-17(24)14(16)10-20-18(15)23/h5-8,10-11H,2-4,9H2,1H3,(H,21,25). The molecule has 7 heteroatoms. The summed E-state index contributed by atoms with van der Waals surface area (Å²) in [6.07, 6.45) is 7.24. The Morgan fingerprint density at radius 3 is 2.81 bits per heavy atom. The van der Waals surface area contributed by atoms with E-state index in [0.29, 0.717) is 29.7 Å². The van der Waals surface area contributed by atoms with Crippen LogP contribution >= 0.6 is 11.8 Å². The van der Waals surface area contributed by atoms with E-state index in [2.05, 4.69) is 15.4 Å². The van der Waals surface area contributed by atoms with Gasteiger partial charge in [-0.25, -0.2) is 9.50 Å². The van der Waals surface area contributed by atoms with Gasteiger partial charge in [0.25, 0.3) is 5.91 Å². The number of nitrogens with zero attached hydrogens (tertiary/aromatic N) is 3. The smallest absolute Gasteiger partial charge is 0.257 e. The molecule has 0 bridgehead atoms. The summed E-state index contributed by atoms with van der Waals surface area (Å²) >= 11 is 1.68. The number of hydrogen-bond acceptors (Lipinski definition) is 5. The van der Waals surface area contributed by atoms with Crippen molar-refractivity contribution in [1.29, 1.82) is 0 Å². The Morgan fingerprint density at radius 2 is 2.04 bits per heavy atom. The highest BCUT2D eigenvalue weighted by atomic mass is 32.2. The zero-order chi connectivity index (χ0) is 18.1. The van der Waals surface area contributed by atoms with E-state index in [1.54, 1.807) is 22.5 Å². The fraction of sp³-hybridized carbons (Fsp3) is 0.263. The molecule has 4 rings (SSSR count). The first-order valence-electron chi connectivity index (χ1n) is 8.47. The highest BCUT2D eigenvalue weighted by Gasteiger charge is 2.23. The molecule has 0 aliphatic heterocycles. The molecule has 26 heavy (non-hydrogen) atoms. The van der Waals surface area contributed by atoms with Gasteiger partial charge in [-0.15, -0.1) is 11.8 Å². The van der Waals surface area contributed by atoms with Gasteiger partial charge in [-0.05, 0) is 36.8 Å². The number of rotatable bonds is 4. The quantitative estimate of drug-likeness (QED) is 0.719. The molecule has 0 radical (unpaired) electrons. The fourth-order valence-corrected chi connectivity index (χ4v) is 3.59. The van der Waals surface area contributed by atoms with Crippen molar-refractivity contribution in [1.82, 2.24) is 19.9 Å². The van der Waals surface area contributed by atoms with Gasteiger partial charge in [0.1, 0.15) is 5.56 Å². The van der Waals surface area contributed by atoms with Crippen molar-refractivity contribution >= 4 is 29.1 Å². The second-order valence-electron chi connectivity index (χ2n) is 6.22. The largest absolute Gasteiger partial charge is 0.348 e. The number of aryl methyl sites for hydroxylation is 1. The van der Waals surface area contributed by atoms with Crippen LogP contribution < -0.4 is 5.32 Å². The van der Waals surface area contributed by atoms with Gasteiger partial charge in [0.15, 0.2) is 11.4 Å². The summed E-state index contributed by atoms with van der Waals surface area (Å²) < 4.78 is 1.63. The predicted octanol–water partition coefficient (Wildman–Crippen LogP) is 2.90. The normalized spacial score (nSPS) is 13.7. The van der Waals surface area contributed by atoms with Gasteiger partial charge in [-0.1, -0.05) is 12.1 Å². The number of carbonyl (C=O) groups excluding carboxylic acids is 2. The number of carbonyl (C=O) groups is 2. The molecule has 1 amide bonds. The van der Waals surface area contributed by atoms with Crippen molar-refractivity contribution in [3.05, 3.63) is 59.0 Å². The summed E-state index contributed by atoms with van der Waals surface area (Å²) in [6, 6.07) is 8.07. The molecular formula is C19H18N4O2S. The van der Waals surface area contributed by atoms with E-state index in [-0.39, 0.29) is 11.7 Å². The molecule has 0 unspecified atom stereocenters. The third-order valence-corrected chi connectivity index (χ3v) is 5.34. The summed E-state index contributed by atoms with van der Waals surface area (Å²) in [4.78, 5) is 30.1. The number of hydrogen-bond donors (Lipinski definition) is 1. The Balaban J connectivity index is 1.56. The average molecular weight is 366 g/mol. The second-order valence-corrected chi connectivity index (χ2v) is 7.10. The Kier molecular flexibility index (Phi) is 4.46. The van der Waals surface area contributed by atoms with Gasteiger partial charge < -0.3 is 5.32 Å². The second kappa shape index (κ2) is 6.92. The summed E-state index contributed by atoms with van der Waals surface area (Å²) in [7, 11) is 0. The topological polar surface area (TPSA) is 76.4 Å². The van der Waals surface area contributed by atoms with Crippen molar-refractivity contribution in [3.8, 4) is 0 Å². The molecule has 0 spiro atoms. The molecule has 132 valence electrons. The number of ketones is 1. The maximum atomic E-state index is 12.6. The third kappa shape index (κ3) is 2.99. The minimum atomic E-state index is -0.219. The van der Waals surface area contributed by atoms with Crippen molar-refractivity contribution in [2.45, 2.75) is 30.7 Å². The van der Waals surface area contributed by atoms with Crippen LogP contribution in [0.2, 0.25) is 0 Å². The minimum absolute atomic E-state index is 0.0934. The van der Waals surface area contributed by atoms with E-state index in [0.717, 1.165) is 24.1 Å². The molecule has 1 aromatic carbocycles. The van der Waals surface area contributed by atoms with Crippen molar-refractivity contribution in [3.63, 3.8) is 0 Å². The molecule has 1 aliphatic rings. The van der Waals surface area contributed by atoms with Gasteiger partial charge in [0, 0.05) is 24.1 Å². The highest BCUT2D eigenvalue weighted by molar-refractivity contribution is 7.98. The Bertz CT molecular complexity index is 995. The molecule has 0 fully saturated rings. The summed E-state index contributed by atoms with van der Waals surface area (Å²) in [6.45, 7) is 0.439. The molecule has 0 atom stereocenters. The van der Waals surface area contributed by atoms with Gasteiger partial charge in [0.05, 0.1) is 17.5 Å². The number of aromatic nitrogens is 3. The third-order valence-electron chi connectivity index (χ3n) is 4.60. The van der Waals surface area contributed by atoms with Gasteiger partial charge in [-0.3, -0.25) is 9.59 Å². The van der Waals surface area contributed by atoms with E-state index >= 15 is 0 Å². The zero-order valence-corrected chi connectivity index (χ0v) is 15.2. The first-order chi connectivity index (χ1) is 12.7. The van der Waals surface area contributed by atoms with Crippen molar-refractivity contribution in [2.24, 2.45) is 0 Å². The summed E-state index contributed by atoms with van der Waals surface area (Å²) in [5.41, 5.74) is 3.41. The maximum Gasteiger partial charge on any atom is 0.257 e. The van der Waals surface area contributed by atoms with Crippen LogP contribution in [0, 0.1) is 0 Å². The summed E-state index contributed by atoms with van der Waals surface area (Å²) in [5.74, 6) is -0.126. The number of benzene rings is 1. The van der Waals surface area contributed by atoms with Crippen LogP contribution in [0.1, 0.15) is 44.8 Å². The van der Waals surface area contributed by atoms with Crippen LogP contribution in [0.4, 0.5) is 0 Å². The van der Waals surface area contributed by atoms with Crippen LogP contribution in [0.25, 0.3) is 5.65 Å². The first kappa shape index (κ1) is 16.8. The SMILES string of the molecule is CSc1ccc(CNC(=O)c2cnn3c4c(cnc23)C(=O)CCC4)cc1. The Hall–Kier alpha value is -2.67. The molecule has 2 heterocycles. The molecule has 1 N–H and O–H groups in total. The van der Waals surface area contributed by atoms with Crippen LogP contribution in [0.5, 0.6) is 0 Å². The van der Waals surface area contributed by atoms with Crippen LogP contribution in [0.3, 0.4) is 0 Å². The number of Topliss-reactive ketones (excluding diaryl/α,β-unsaturated/α-hetero) is 1. The lowest BCUT2D eigenvalue weighted by Gasteiger charge is -2.14. The molecule has 6 nitrogen and oxygen atoms in total. The Labute approximate surface area is 155 Å². The predicted molar refractivity (Wildman–Crippen MR) is 99.6 cm³/mol. The van der Waals surface area contributed by atoms with Gasteiger partial charge in [0.2, 0.25) is 0 Å². The molecule has 3 aromatic rings. The zero-order valence-electron chi connectivity index (χ0n) is 14.4. The van der Waals surface area contributed by atoms with Crippen LogP contribution in [-0.2, 0) is 13.0 Å². The fourth-order valence-electron chi connectivity index (χ4n) is 3.18. The van der Waals surface area contributed by atoms with Crippen LogP contribution in [-0.4, -0.2) is 32.5 Å². The number of amides is 1.